The lowest BCUT2D eigenvalue weighted by Crippen LogP contribution is -2.28. The number of H-pyrrole nitrogens is 1. The molecule has 0 aliphatic rings. The molecular formula is C28H27FN6O. The summed E-state index contributed by atoms with van der Waals surface area (Å²) >= 11 is 0. The van der Waals surface area contributed by atoms with Gasteiger partial charge in [-0.25, -0.2) is 9.07 Å². The molecule has 3 aromatic carbocycles. The van der Waals surface area contributed by atoms with Gasteiger partial charge in [0.15, 0.2) is 5.82 Å². The average Bonchev–Trinajstić information content (AvgIpc) is 3.32. The number of nitrogens with one attached hydrogen (secondary N) is 1. The fraction of sp³-hybridized carbons (Fsp3) is 0.214. The summed E-state index contributed by atoms with van der Waals surface area (Å²) < 4.78 is 15.3. The Labute approximate surface area is 208 Å². The Morgan fingerprint density at radius 1 is 0.889 bits per heavy atom. The van der Waals surface area contributed by atoms with Gasteiger partial charge in [0.2, 0.25) is 0 Å². The highest BCUT2D eigenvalue weighted by Crippen LogP contribution is 2.17. The van der Waals surface area contributed by atoms with Crippen molar-refractivity contribution in [2.45, 2.75) is 39.5 Å². The molecule has 5 aromatic rings. The van der Waals surface area contributed by atoms with Gasteiger partial charge in [-0.2, -0.15) is 0 Å². The maximum absolute atomic E-state index is 13.5. The summed E-state index contributed by atoms with van der Waals surface area (Å²) in [6.45, 7) is 3.97. The van der Waals surface area contributed by atoms with Gasteiger partial charge in [0.05, 0.1) is 13.1 Å². The second kappa shape index (κ2) is 10.6. The maximum atomic E-state index is 13.5. The van der Waals surface area contributed by atoms with E-state index in [-0.39, 0.29) is 11.4 Å². The van der Waals surface area contributed by atoms with Crippen LogP contribution < -0.4 is 5.56 Å². The Morgan fingerprint density at radius 3 is 2.44 bits per heavy atom. The van der Waals surface area contributed by atoms with Crippen molar-refractivity contribution in [3.8, 4) is 0 Å². The van der Waals surface area contributed by atoms with E-state index in [1.54, 1.807) is 16.8 Å². The molecule has 0 atom stereocenters. The van der Waals surface area contributed by atoms with Crippen LogP contribution in [0.25, 0.3) is 10.9 Å². The summed E-state index contributed by atoms with van der Waals surface area (Å²) in [6.07, 6.45) is 0.922. The van der Waals surface area contributed by atoms with Gasteiger partial charge in [0.25, 0.3) is 5.56 Å². The van der Waals surface area contributed by atoms with Gasteiger partial charge >= 0.3 is 0 Å². The molecule has 0 fully saturated rings. The molecule has 0 unspecified atom stereocenters. The molecule has 2 heterocycles. The SMILES string of the molecule is CCc1ccc2[nH]c(=O)c(CN(Cc3ccc(F)cc3)Cc3nnnn3Cc3ccccc3)cc2c1. The molecule has 0 bridgehead atoms. The van der Waals surface area contributed by atoms with E-state index < -0.39 is 0 Å². The van der Waals surface area contributed by atoms with E-state index >= 15 is 0 Å². The van der Waals surface area contributed by atoms with Gasteiger partial charge in [-0.1, -0.05) is 55.5 Å². The Hall–Kier alpha value is -4.17. The lowest BCUT2D eigenvalue weighted by Gasteiger charge is -2.22. The Kier molecular flexibility index (Phi) is 6.95. The molecule has 7 nitrogen and oxygen atoms in total. The highest BCUT2D eigenvalue weighted by Gasteiger charge is 2.16. The molecule has 8 heteroatoms. The van der Waals surface area contributed by atoms with Crippen LogP contribution in [0.4, 0.5) is 4.39 Å². The highest BCUT2D eigenvalue weighted by molar-refractivity contribution is 5.79. The van der Waals surface area contributed by atoms with Crippen molar-refractivity contribution in [1.82, 2.24) is 30.1 Å². The Balaban J connectivity index is 1.45. The minimum atomic E-state index is -0.283. The van der Waals surface area contributed by atoms with Gasteiger partial charge in [0.1, 0.15) is 5.82 Å². The fourth-order valence-corrected chi connectivity index (χ4v) is 4.31. The van der Waals surface area contributed by atoms with Crippen molar-refractivity contribution in [1.29, 1.82) is 0 Å². The number of fused-ring (bicyclic) bond motifs is 1. The number of rotatable bonds is 9. The van der Waals surface area contributed by atoms with Crippen LogP contribution in [0, 0.1) is 5.82 Å². The summed E-state index contributed by atoms with van der Waals surface area (Å²) in [5.74, 6) is 0.404. The minimum Gasteiger partial charge on any atom is -0.322 e. The molecule has 0 saturated heterocycles. The number of halogens is 1. The second-order valence-electron chi connectivity index (χ2n) is 8.91. The molecule has 36 heavy (non-hydrogen) atoms. The summed E-state index contributed by atoms with van der Waals surface area (Å²) in [5, 5.41) is 13.3. The summed E-state index contributed by atoms with van der Waals surface area (Å²) in [5.41, 5.74) is 4.58. The predicted octanol–water partition coefficient (Wildman–Crippen LogP) is 4.47. The first-order chi connectivity index (χ1) is 17.6. The first-order valence-corrected chi connectivity index (χ1v) is 12.0. The zero-order chi connectivity index (χ0) is 24.9. The van der Waals surface area contributed by atoms with E-state index in [1.807, 2.05) is 48.5 Å². The Morgan fingerprint density at radius 2 is 1.67 bits per heavy atom. The van der Waals surface area contributed by atoms with Crippen LogP contribution in [0.2, 0.25) is 0 Å². The number of pyridine rings is 1. The molecule has 0 aliphatic carbocycles. The third-order valence-corrected chi connectivity index (χ3v) is 6.25. The number of tetrazole rings is 1. The van der Waals surface area contributed by atoms with Gasteiger partial charge in [-0.15, -0.1) is 5.10 Å². The third-order valence-electron chi connectivity index (χ3n) is 6.25. The number of aromatic amines is 1. The number of nitrogens with zero attached hydrogens (tertiary/aromatic N) is 5. The van der Waals surface area contributed by atoms with Crippen LogP contribution in [0.3, 0.4) is 0 Å². The average molecular weight is 483 g/mol. The minimum absolute atomic E-state index is 0.125. The van der Waals surface area contributed by atoms with E-state index in [1.165, 1.54) is 17.7 Å². The van der Waals surface area contributed by atoms with Crippen molar-refractivity contribution in [2.75, 3.05) is 0 Å². The van der Waals surface area contributed by atoms with E-state index in [2.05, 4.69) is 38.4 Å². The molecule has 5 rings (SSSR count). The van der Waals surface area contributed by atoms with E-state index in [9.17, 15) is 9.18 Å². The lowest BCUT2D eigenvalue weighted by molar-refractivity contribution is 0.236. The molecule has 0 amide bonds. The maximum Gasteiger partial charge on any atom is 0.252 e. The van der Waals surface area contributed by atoms with Crippen LogP contribution in [0.5, 0.6) is 0 Å². The zero-order valence-corrected chi connectivity index (χ0v) is 20.1. The fourth-order valence-electron chi connectivity index (χ4n) is 4.31. The van der Waals surface area contributed by atoms with Crippen molar-refractivity contribution < 1.29 is 4.39 Å². The van der Waals surface area contributed by atoms with Gasteiger partial charge in [-0.3, -0.25) is 9.69 Å². The van der Waals surface area contributed by atoms with Crippen LogP contribution in [-0.4, -0.2) is 30.1 Å². The van der Waals surface area contributed by atoms with E-state index in [0.29, 0.717) is 37.6 Å². The van der Waals surface area contributed by atoms with E-state index in [0.717, 1.165) is 28.5 Å². The predicted molar refractivity (Wildman–Crippen MR) is 137 cm³/mol. The molecular weight excluding hydrogens is 455 g/mol. The van der Waals surface area contributed by atoms with E-state index in [4.69, 9.17) is 0 Å². The van der Waals surface area contributed by atoms with Crippen LogP contribution >= 0.6 is 0 Å². The smallest absolute Gasteiger partial charge is 0.252 e. The second-order valence-corrected chi connectivity index (χ2v) is 8.91. The van der Waals surface area contributed by atoms with Crippen molar-refractivity contribution in [3.05, 3.63) is 123 Å². The first kappa shape index (κ1) is 23.6. The summed E-state index contributed by atoms with van der Waals surface area (Å²) in [7, 11) is 0. The quantitative estimate of drug-likeness (QED) is 0.335. The summed E-state index contributed by atoms with van der Waals surface area (Å²) in [6, 6.07) is 24.5. The molecule has 0 radical (unpaired) electrons. The van der Waals surface area contributed by atoms with Crippen LogP contribution in [-0.2, 0) is 32.6 Å². The van der Waals surface area contributed by atoms with Crippen molar-refractivity contribution in [2.24, 2.45) is 0 Å². The van der Waals surface area contributed by atoms with Gasteiger partial charge < -0.3 is 4.98 Å². The highest BCUT2D eigenvalue weighted by atomic mass is 19.1. The van der Waals surface area contributed by atoms with Crippen LogP contribution in [0.15, 0.2) is 83.7 Å². The number of aromatic nitrogens is 5. The zero-order valence-electron chi connectivity index (χ0n) is 20.1. The Bertz CT molecular complexity index is 1510. The molecule has 0 aliphatic heterocycles. The van der Waals surface area contributed by atoms with Gasteiger partial charge in [-0.05, 0) is 69.3 Å². The number of aryl methyl sites for hydroxylation is 1. The van der Waals surface area contributed by atoms with Gasteiger partial charge in [0, 0.05) is 24.2 Å². The van der Waals surface area contributed by atoms with Crippen molar-refractivity contribution in [3.63, 3.8) is 0 Å². The monoisotopic (exact) mass is 482 g/mol. The van der Waals surface area contributed by atoms with Crippen molar-refractivity contribution >= 4 is 10.9 Å². The third kappa shape index (κ3) is 5.55. The number of hydrogen-bond acceptors (Lipinski definition) is 5. The van der Waals surface area contributed by atoms with Crippen LogP contribution in [0.1, 0.15) is 35.0 Å². The lowest BCUT2D eigenvalue weighted by atomic mass is 10.1. The largest absolute Gasteiger partial charge is 0.322 e. The molecule has 182 valence electrons. The molecule has 0 spiro atoms. The molecule has 0 saturated carbocycles. The topological polar surface area (TPSA) is 79.7 Å². The molecule has 2 aromatic heterocycles. The normalized spacial score (nSPS) is 11.4. The number of benzene rings is 3. The first-order valence-electron chi connectivity index (χ1n) is 12.0. The molecule has 1 N–H and O–H groups in total. The number of hydrogen-bond donors (Lipinski definition) is 1. The summed E-state index contributed by atoms with van der Waals surface area (Å²) in [4.78, 5) is 18.1. The standard InChI is InChI=1S/C28H27FN6O/c1-2-20-10-13-26-23(14-20)15-24(28(36)30-26)18-34(16-22-8-11-25(29)12-9-22)19-27-31-32-33-35(27)17-21-6-4-3-5-7-21/h3-15H,2,16-19H2,1H3,(H,30,36).